The summed E-state index contributed by atoms with van der Waals surface area (Å²) in [5, 5.41) is 0.593. The third-order valence-corrected chi connectivity index (χ3v) is 4.41. The molecule has 0 heterocycles. The van der Waals surface area contributed by atoms with E-state index in [1.807, 2.05) is 13.8 Å². The molecule has 0 saturated heterocycles. The Labute approximate surface area is 152 Å². The monoisotopic (exact) mass is 360 g/mol. The predicted octanol–water partition coefficient (Wildman–Crippen LogP) is 4.40. The van der Waals surface area contributed by atoms with Gasteiger partial charge in [0.05, 0.1) is 19.6 Å². The van der Waals surface area contributed by atoms with Crippen LogP contribution in [0.1, 0.15) is 29.8 Å². The Morgan fingerprint density at radius 1 is 0.960 bits per heavy atom. The first-order chi connectivity index (χ1) is 11.9. The zero-order valence-corrected chi connectivity index (χ0v) is 15.2. The highest BCUT2D eigenvalue weighted by molar-refractivity contribution is 6.30. The number of halogens is 1. The summed E-state index contributed by atoms with van der Waals surface area (Å²) in [6, 6.07) is 13.7. The minimum atomic E-state index is -0.250. The molecule has 0 fully saturated rings. The average Bonchev–Trinajstić information content (AvgIpc) is 2.65. The topological polar surface area (TPSA) is 52.6 Å². The van der Waals surface area contributed by atoms with E-state index >= 15 is 0 Å². The van der Waals surface area contributed by atoms with Gasteiger partial charge < -0.3 is 9.47 Å². The highest BCUT2D eigenvalue weighted by Crippen LogP contribution is 2.19. The van der Waals surface area contributed by atoms with E-state index in [9.17, 15) is 9.59 Å². The molecule has 0 saturated carbocycles. The number of methoxy groups -OCH3 is 1. The molecule has 0 spiro atoms. The largest absolute Gasteiger partial charge is 0.493 e. The maximum atomic E-state index is 12.4. The molecule has 2 aromatic rings. The van der Waals surface area contributed by atoms with Gasteiger partial charge in [-0.3, -0.25) is 9.59 Å². The molecular formula is C20H21ClO4. The van der Waals surface area contributed by atoms with Crippen molar-refractivity contribution in [3.63, 3.8) is 0 Å². The lowest BCUT2D eigenvalue weighted by Gasteiger charge is -2.18. The molecule has 4 nitrogen and oxygen atoms in total. The molecule has 2 rings (SSSR count). The first-order valence-electron chi connectivity index (χ1n) is 8.03. The number of benzene rings is 2. The number of esters is 1. The van der Waals surface area contributed by atoms with E-state index in [0.29, 0.717) is 28.5 Å². The summed E-state index contributed by atoms with van der Waals surface area (Å²) in [5.41, 5.74) is 1.16. The van der Waals surface area contributed by atoms with Crippen LogP contribution < -0.4 is 4.74 Å². The Bertz CT molecular complexity index is 722. The van der Waals surface area contributed by atoms with Crippen molar-refractivity contribution in [2.75, 3.05) is 13.7 Å². The van der Waals surface area contributed by atoms with Crippen LogP contribution in [0.5, 0.6) is 5.75 Å². The third kappa shape index (κ3) is 5.07. The number of ketones is 1. The van der Waals surface area contributed by atoms with E-state index in [2.05, 4.69) is 0 Å². The van der Waals surface area contributed by atoms with Gasteiger partial charge in [0.2, 0.25) is 0 Å². The molecule has 2 aromatic carbocycles. The Balaban J connectivity index is 1.96. The second-order valence-electron chi connectivity index (χ2n) is 5.96. The van der Waals surface area contributed by atoms with Crippen molar-refractivity contribution in [2.45, 2.75) is 13.8 Å². The third-order valence-electron chi connectivity index (χ3n) is 4.16. The number of rotatable bonds is 7. The van der Waals surface area contributed by atoms with Gasteiger partial charge in [-0.25, -0.2) is 0 Å². The number of hydrogen-bond donors (Lipinski definition) is 0. The van der Waals surface area contributed by atoms with Crippen LogP contribution in [0.4, 0.5) is 0 Å². The molecule has 0 aliphatic heterocycles. The number of ether oxygens (including phenoxy) is 2. The molecule has 0 aliphatic rings. The van der Waals surface area contributed by atoms with Crippen LogP contribution in [0.15, 0.2) is 48.5 Å². The van der Waals surface area contributed by atoms with Crippen LogP contribution in [0.3, 0.4) is 0 Å². The molecule has 0 radical (unpaired) electrons. The van der Waals surface area contributed by atoms with Crippen molar-refractivity contribution in [1.29, 1.82) is 0 Å². The van der Waals surface area contributed by atoms with E-state index in [-0.39, 0.29) is 23.6 Å². The Morgan fingerprint density at radius 3 is 2.00 bits per heavy atom. The van der Waals surface area contributed by atoms with Crippen LogP contribution in [-0.4, -0.2) is 25.5 Å². The second kappa shape index (κ2) is 8.67. The van der Waals surface area contributed by atoms with E-state index in [1.54, 1.807) is 48.5 Å². The van der Waals surface area contributed by atoms with Crippen LogP contribution in [0, 0.1) is 11.8 Å². The van der Waals surface area contributed by atoms with Crippen LogP contribution >= 0.6 is 11.6 Å². The number of hydrogen-bond acceptors (Lipinski definition) is 4. The van der Waals surface area contributed by atoms with Gasteiger partial charge in [0.25, 0.3) is 0 Å². The fraction of sp³-hybridized carbons (Fsp3) is 0.300. The predicted molar refractivity (Wildman–Crippen MR) is 97.2 cm³/mol. The molecule has 0 aliphatic carbocycles. The summed E-state index contributed by atoms with van der Waals surface area (Å²) >= 11 is 5.84. The SMILES string of the molecule is COC(=O)C(C)C(C)COc1ccc(C(=O)c2ccc(Cl)cc2)cc1. The highest BCUT2D eigenvalue weighted by atomic mass is 35.5. The maximum Gasteiger partial charge on any atom is 0.308 e. The first-order valence-corrected chi connectivity index (χ1v) is 8.41. The van der Waals surface area contributed by atoms with E-state index < -0.39 is 0 Å². The Morgan fingerprint density at radius 2 is 1.48 bits per heavy atom. The normalized spacial score (nSPS) is 13.0. The van der Waals surface area contributed by atoms with Crippen LogP contribution in [-0.2, 0) is 9.53 Å². The summed E-state index contributed by atoms with van der Waals surface area (Å²) in [7, 11) is 1.38. The standard InChI is InChI=1S/C20H21ClO4/c1-13(14(2)20(23)24-3)12-25-18-10-6-16(7-11-18)19(22)15-4-8-17(21)9-5-15/h4-11,13-14H,12H2,1-3H3. The summed E-state index contributed by atoms with van der Waals surface area (Å²) in [6.07, 6.45) is 0. The van der Waals surface area contributed by atoms with Crippen molar-refractivity contribution >= 4 is 23.4 Å². The highest BCUT2D eigenvalue weighted by Gasteiger charge is 2.21. The lowest BCUT2D eigenvalue weighted by atomic mass is 9.97. The molecular weight excluding hydrogens is 340 g/mol. The number of carbonyl (C=O) groups excluding carboxylic acids is 2. The molecule has 0 N–H and O–H groups in total. The van der Waals surface area contributed by atoms with Gasteiger partial charge >= 0.3 is 5.97 Å². The first kappa shape index (κ1) is 19.0. The molecule has 2 unspecified atom stereocenters. The lowest BCUT2D eigenvalue weighted by molar-refractivity contribution is -0.146. The van der Waals surface area contributed by atoms with Gasteiger partial charge in [0.15, 0.2) is 5.78 Å². The Kier molecular flexibility index (Phi) is 6.59. The van der Waals surface area contributed by atoms with Crippen molar-refractivity contribution in [2.24, 2.45) is 11.8 Å². The fourth-order valence-electron chi connectivity index (χ4n) is 2.26. The molecule has 5 heteroatoms. The van der Waals surface area contributed by atoms with E-state index in [0.717, 1.165) is 0 Å². The van der Waals surface area contributed by atoms with Crippen molar-refractivity contribution in [3.8, 4) is 5.75 Å². The zero-order valence-electron chi connectivity index (χ0n) is 14.5. The summed E-state index contributed by atoms with van der Waals surface area (Å²) in [6.45, 7) is 4.13. The lowest BCUT2D eigenvalue weighted by Crippen LogP contribution is -2.24. The Hall–Kier alpha value is -2.33. The van der Waals surface area contributed by atoms with E-state index in [4.69, 9.17) is 21.1 Å². The van der Waals surface area contributed by atoms with Gasteiger partial charge in [-0.1, -0.05) is 25.4 Å². The second-order valence-corrected chi connectivity index (χ2v) is 6.40. The van der Waals surface area contributed by atoms with Crippen molar-refractivity contribution < 1.29 is 19.1 Å². The fourth-order valence-corrected chi connectivity index (χ4v) is 2.39. The quantitative estimate of drug-likeness (QED) is 0.542. The van der Waals surface area contributed by atoms with Gasteiger partial charge in [0.1, 0.15) is 5.75 Å². The van der Waals surface area contributed by atoms with Crippen LogP contribution in [0.2, 0.25) is 5.02 Å². The van der Waals surface area contributed by atoms with Gasteiger partial charge in [-0.05, 0) is 48.5 Å². The smallest absolute Gasteiger partial charge is 0.308 e. The summed E-state index contributed by atoms with van der Waals surface area (Å²) < 4.78 is 10.4. The molecule has 0 bridgehead atoms. The average molecular weight is 361 g/mol. The van der Waals surface area contributed by atoms with Gasteiger partial charge in [-0.2, -0.15) is 0 Å². The molecule has 2 atom stereocenters. The molecule has 0 amide bonds. The van der Waals surface area contributed by atoms with Crippen molar-refractivity contribution in [1.82, 2.24) is 0 Å². The minimum Gasteiger partial charge on any atom is -0.493 e. The summed E-state index contributed by atoms with van der Waals surface area (Å²) in [5.74, 6) is 0.103. The number of carbonyl (C=O) groups is 2. The maximum absolute atomic E-state index is 12.4. The zero-order chi connectivity index (χ0) is 18.4. The minimum absolute atomic E-state index is 0.0165. The van der Waals surface area contributed by atoms with E-state index in [1.165, 1.54) is 7.11 Å². The molecule has 132 valence electrons. The van der Waals surface area contributed by atoms with Gasteiger partial charge in [-0.15, -0.1) is 0 Å². The van der Waals surface area contributed by atoms with Crippen LogP contribution in [0.25, 0.3) is 0 Å². The van der Waals surface area contributed by atoms with Crippen molar-refractivity contribution in [3.05, 3.63) is 64.7 Å². The van der Waals surface area contributed by atoms with Gasteiger partial charge in [0, 0.05) is 22.1 Å². The molecule has 25 heavy (non-hydrogen) atoms. The summed E-state index contributed by atoms with van der Waals surface area (Å²) in [4.78, 5) is 23.9. The molecule has 0 aromatic heterocycles.